The molecule has 0 aliphatic heterocycles. The van der Waals surface area contributed by atoms with Crippen molar-refractivity contribution in [2.24, 2.45) is 0 Å². The van der Waals surface area contributed by atoms with Gasteiger partial charge in [-0.2, -0.15) is 0 Å². The minimum atomic E-state index is -0.0667. The summed E-state index contributed by atoms with van der Waals surface area (Å²) in [6.07, 6.45) is 5.45. The molecule has 1 rings (SSSR count). The zero-order valence-corrected chi connectivity index (χ0v) is 11.0. The highest BCUT2D eigenvalue weighted by Gasteiger charge is 2.06. The summed E-state index contributed by atoms with van der Waals surface area (Å²) >= 11 is 0. The van der Waals surface area contributed by atoms with E-state index < -0.39 is 0 Å². The van der Waals surface area contributed by atoms with Gasteiger partial charge in [0, 0.05) is 6.04 Å². The Hall–Kier alpha value is -0.890. The topological polar surface area (TPSA) is 12.0 Å². The average molecular weight is 237 g/mol. The summed E-state index contributed by atoms with van der Waals surface area (Å²) in [6.45, 7) is 5.37. The molecule has 0 aromatic heterocycles. The molecule has 0 aliphatic rings. The predicted molar refractivity (Wildman–Crippen MR) is 71.7 cm³/mol. The Balaban J connectivity index is 2.33. The molecule has 1 N–H and O–H groups in total. The number of nitrogens with one attached hydrogen (secondary N) is 1. The fourth-order valence-corrected chi connectivity index (χ4v) is 2.23. The van der Waals surface area contributed by atoms with E-state index in [2.05, 4.69) is 19.2 Å². The lowest BCUT2D eigenvalue weighted by Crippen LogP contribution is -2.28. The Morgan fingerprint density at radius 3 is 2.59 bits per heavy atom. The van der Waals surface area contributed by atoms with Crippen LogP contribution in [0.2, 0.25) is 0 Å². The second-order valence-corrected chi connectivity index (χ2v) is 4.53. The largest absolute Gasteiger partial charge is 0.314 e. The van der Waals surface area contributed by atoms with Gasteiger partial charge < -0.3 is 5.32 Å². The van der Waals surface area contributed by atoms with Crippen LogP contribution in [0.15, 0.2) is 24.3 Å². The van der Waals surface area contributed by atoms with Crippen LogP contribution >= 0.6 is 0 Å². The van der Waals surface area contributed by atoms with Crippen molar-refractivity contribution in [3.8, 4) is 0 Å². The SMILES string of the molecule is CCCC(CCCc1ccccc1F)NCC. The maximum absolute atomic E-state index is 13.4. The van der Waals surface area contributed by atoms with Crippen LogP contribution in [0, 0.1) is 5.82 Å². The van der Waals surface area contributed by atoms with Gasteiger partial charge in [-0.15, -0.1) is 0 Å². The summed E-state index contributed by atoms with van der Waals surface area (Å²) in [6, 6.07) is 7.68. The number of hydrogen-bond acceptors (Lipinski definition) is 1. The lowest BCUT2D eigenvalue weighted by atomic mass is 10.0. The summed E-state index contributed by atoms with van der Waals surface area (Å²) in [5.41, 5.74) is 0.847. The molecule has 0 fully saturated rings. The van der Waals surface area contributed by atoms with Gasteiger partial charge in [0.1, 0.15) is 5.82 Å². The van der Waals surface area contributed by atoms with Crippen molar-refractivity contribution in [3.63, 3.8) is 0 Å². The third kappa shape index (κ3) is 5.31. The lowest BCUT2D eigenvalue weighted by Gasteiger charge is -2.16. The van der Waals surface area contributed by atoms with Gasteiger partial charge in [-0.3, -0.25) is 0 Å². The van der Waals surface area contributed by atoms with E-state index in [4.69, 9.17) is 0 Å². The molecule has 2 heteroatoms. The van der Waals surface area contributed by atoms with Gasteiger partial charge in [0.2, 0.25) is 0 Å². The molecule has 1 aromatic carbocycles. The smallest absolute Gasteiger partial charge is 0.126 e. The lowest BCUT2D eigenvalue weighted by molar-refractivity contribution is 0.445. The molecule has 0 amide bonds. The molecule has 0 radical (unpaired) electrons. The van der Waals surface area contributed by atoms with Gasteiger partial charge in [-0.05, 0) is 43.9 Å². The number of benzene rings is 1. The number of hydrogen-bond donors (Lipinski definition) is 1. The summed E-state index contributed by atoms with van der Waals surface area (Å²) < 4.78 is 13.4. The summed E-state index contributed by atoms with van der Waals surface area (Å²) in [4.78, 5) is 0. The Morgan fingerprint density at radius 1 is 1.18 bits per heavy atom. The first-order valence-corrected chi connectivity index (χ1v) is 6.74. The Kier molecular flexibility index (Phi) is 6.87. The standard InChI is InChI=1S/C15H24FN/c1-3-8-14(17-4-2)11-7-10-13-9-5-6-12-15(13)16/h5-6,9,12,14,17H,3-4,7-8,10-11H2,1-2H3. The summed E-state index contributed by atoms with van der Waals surface area (Å²) in [5, 5.41) is 3.49. The number of rotatable bonds is 8. The molecule has 1 nitrogen and oxygen atoms in total. The van der Waals surface area contributed by atoms with Crippen LogP contribution in [0.3, 0.4) is 0 Å². The van der Waals surface area contributed by atoms with E-state index in [0.717, 1.165) is 31.4 Å². The number of halogens is 1. The molecule has 0 heterocycles. The highest BCUT2D eigenvalue weighted by Crippen LogP contribution is 2.12. The Labute approximate surface area is 104 Å². The third-order valence-electron chi connectivity index (χ3n) is 3.09. The highest BCUT2D eigenvalue weighted by molar-refractivity contribution is 5.17. The van der Waals surface area contributed by atoms with Crippen molar-refractivity contribution in [3.05, 3.63) is 35.6 Å². The fourth-order valence-electron chi connectivity index (χ4n) is 2.23. The molecule has 96 valence electrons. The average Bonchev–Trinajstić information content (AvgIpc) is 2.32. The van der Waals surface area contributed by atoms with Gasteiger partial charge in [-0.25, -0.2) is 4.39 Å². The molecule has 0 saturated carbocycles. The van der Waals surface area contributed by atoms with E-state index in [1.54, 1.807) is 12.1 Å². The van der Waals surface area contributed by atoms with Crippen LogP contribution in [-0.2, 0) is 6.42 Å². The van der Waals surface area contributed by atoms with Gasteiger partial charge in [0.05, 0.1) is 0 Å². The highest BCUT2D eigenvalue weighted by atomic mass is 19.1. The van der Waals surface area contributed by atoms with E-state index >= 15 is 0 Å². The van der Waals surface area contributed by atoms with Crippen molar-refractivity contribution in [1.29, 1.82) is 0 Å². The van der Waals surface area contributed by atoms with E-state index in [0.29, 0.717) is 6.04 Å². The van der Waals surface area contributed by atoms with Gasteiger partial charge in [0.25, 0.3) is 0 Å². The van der Waals surface area contributed by atoms with Crippen LogP contribution in [0.1, 0.15) is 45.1 Å². The molecular formula is C15H24FN. The molecule has 0 spiro atoms. The minimum Gasteiger partial charge on any atom is -0.314 e. The van der Waals surface area contributed by atoms with Crippen LogP contribution in [0.25, 0.3) is 0 Å². The maximum Gasteiger partial charge on any atom is 0.126 e. The van der Waals surface area contributed by atoms with Gasteiger partial charge in [-0.1, -0.05) is 38.5 Å². The predicted octanol–water partition coefficient (Wildman–Crippen LogP) is 3.93. The van der Waals surface area contributed by atoms with Crippen molar-refractivity contribution in [1.82, 2.24) is 5.32 Å². The van der Waals surface area contributed by atoms with E-state index in [-0.39, 0.29) is 5.82 Å². The molecule has 1 aromatic rings. The van der Waals surface area contributed by atoms with Gasteiger partial charge in [0.15, 0.2) is 0 Å². The Bertz CT molecular complexity index is 306. The minimum absolute atomic E-state index is 0.0667. The zero-order valence-electron chi connectivity index (χ0n) is 11.0. The second kappa shape index (κ2) is 8.24. The van der Waals surface area contributed by atoms with Crippen molar-refractivity contribution in [2.45, 2.75) is 52.0 Å². The van der Waals surface area contributed by atoms with Crippen molar-refractivity contribution in [2.75, 3.05) is 6.54 Å². The second-order valence-electron chi connectivity index (χ2n) is 4.53. The summed E-state index contributed by atoms with van der Waals surface area (Å²) in [7, 11) is 0. The first-order chi connectivity index (χ1) is 8.27. The Morgan fingerprint density at radius 2 is 1.94 bits per heavy atom. The molecule has 0 bridgehead atoms. The fraction of sp³-hybridized carbons (Fsp3) is 0.600. The molecule has 0 aliphatic carbocycles. The maximum atomic E-state index is 13.4. The molecular weight excluding hydrogens is 213 g/mol. The normalized spacial score (nSPS) is 12.6. The van der Waals surface area contributed by atoms with Crippen molar-refractivity contribution >= 4 is 0 Å². The quantitative estimate of drug-likeness (QED) is 0.722. The molecule has 1 unspecified atom stereocenters. The monoisotopic (exact) mass is 237 g/mol. The first kappa shape index (κ1) is 14.2. The van der Waals surface area contributed by atoms with E-state index in [1.807, 2.05) is 12.1 Å². The van der Waals surface area contributed by atoms with E-state index in [9.17, 15) is 4.39 Å². The van der Waals surface area contributed by atoms with Crippen LogP contribution < -0.4 is 5.32 Å². The van der Waals surface area contributed by atoms with Gasteiger partial charge >= 0.3 is 0 Å². The summed E-state index contributed by atoms with van der Waals surface area (Å²) in [5.74, 6) is -0.0667. The molecule has 17 heavy (non-hydrogen) atoms. The number of aryl methyl sites for hydroxylation is 1. The van der Waals surface area contributed by atoms with Crippen molar-refractivity contribution < 1.29 is 4.39 Å². The zero-order chi connectivity index (χ0) is 12.5. The van der Waals surface area contributed by atoms with Crippen LogP contribution in [0.4, 0.5) is 4.39 Å². The van der Waals surface area contributed by atoms with E-state index in [1.165, 1.54) is 12.8 Å². The molecule has 0 saturated heterocycles. The third-order valence-corrected chi connectivity index (χ3v) is 3.09. The van der Waals surface area contributed by atoms with Crippen LogP contribution in [-0.4, -0.2) is 12.6 Å². The first-order valence-electron chi connectivity index (χ1n) is 6.74. The van der Waals surface area contributed by atoms with Crippen LogP contribution in [0.5, 0.6) is 0 Å². The molecule has 1 atom stereocenters.